The summed E-state index contributed by atoms with van der Waals surface area (Å²) in [6, 6.07) is 10.7. The first-order valence-electron chi connectivity index (χ1n) is 8.69. The number of benzene rings is 1. The van der Waals surface area contributed by atoms with Crippen molar-refractivity contribution in [1.82, 2.24) is 4.98 Å². The summed E-state index contributed by atoms with van der Waals surface area (Å²) in [6.07, 6.45) is 1.07. The van der Waals surface area contributed by atoms with E-state index in [1.807, 2.05) is 6.07 Å². The summed E-state index contributed by atoms with van der Waals surface area (Å²) in [7, 11) is 0. The minimum absolute atomic E-state index is 0.0325. The van der Waals surface area contributed by atoms with Crippen molar-refractivity contribution >= 4 is 5.78 Å². The predicted molar refractivity (Wildman–Crippen MR) is 91.5 cm³/mol. The van der Waals surface area contributed by atoms with Gasteiger partial charge in [-0.3, -0.25) is 4.79 Å². The largest absolute Gasteiger partial charge is 0.468 e. The molecule has 0 bridgehead atoms. The van der Waals surface area contributed by atoms with Gasteiger partial charge in [0.25, 0.3) is 0 Å². The lowest BCUT2D eigenvalue weighted by atomic mass is 9.95. The number of rotatable bonds is 6. The van der Waals surface area contributed by atoms with Gasteiger partial charge in [-0.1, -0.05) is 43.2 Å². The molecule has 1 saturated carbocycles. The predicted octanol–water partition coefficient (Wildman–Crippen LogP) is 5.11. The summed E-state index contributed by atoms with van der Waals surface area (Å²) in [4.78, 5) is 16.5. The molecule has 1 aromatic heterocycles. The number of Topliss-reactive ketones (excluding diaryl/α,β-unsaturated/α-hetero) is 1. The Morgan fingerprint density at radius 3 is 2.50 bits per heavy atom. The van der Waals surface area contributed by atoms with Crippen LogP contribution in [0.4, 0.5) is 13.2 Å². The normalized spacial score (nSPS) is 15.2. The van der Waals surface area contributed by atoms with E-state index in [0.29, 0.717) is 16.7 Å². The number of alkyl halides is 3. The number of halogens is 3. The fourth-order valence-corrected chi connectivity index (χ4v) is 3.32. The minimum Gasteiger partial charge on any atom is -0.468 e. The molecule has 1 aliphatic rings. The zero-order valence-electron chi connectivity index (χ0n) is 14.3. The highest BCUT2D eigenvalue weighted by Gasteiger charge is 2.30. The van der Waals surface area contributed by atoms with E-state index in [0.717, 1.165) is 25.7 Å². The molecule has 0 aliphatic heterocycles. The summed E-state index contributed by atoms with van der Waals surface area (Å²) < 4.78 is 42.4. The Bertz CT molecular complexity index is 753. The van der Waals surface area contributed by atoms with E-state index < -0.39 is 12.8 Å². The van der Waals surface area contributed by atoms with Crippen molar-refractivity contribution in [3.05, 3.63) is 59.3 Å². The van der Waals surface area contributed by atoms with Crippen molar-refractivity contribution in [2.75, 3.05) is 6.61 Å². The molecule has 1 fully saturated rings. The van der Waals surface area contributed by atoms with Gasteiger partial charge in [0.2, 0.25) is 5.88 Å². The Labute approximate surface area is 150 Å². The van der Waals surface area contributed by atoms with E-state index in [4.69, 9.17) is 4.74 Å². The number of ketones is 1. The first kappa shape index (κ1) is 18.4. The molecule has 3 nitrogen and oxygen atoms in total. The first-order chi connectivity index (χ1) is 12.4. The quantitative estimate of drug-likeness (QED) is 0.670. The number of hydrogen-bond acceptors (Lipinski definition) is 3. The molecule has 6 heteroatoms. The number of ether oxygens (including phenoxy) is 1. The number of carbonyl (C=O) groups excluding carboxylic acids is 1. The molecule has 0 saturated heterocycles. The van der Waals surface area contributed by atoms with E-state index in [9.17, 15) is 18.0 Å². The van der Waals surface area contributed by atoms with Crippen LogP contribution in [0.15, 0.2) is 42.6 Å². The van der Waals surface area contributed by atoms with E-state index in [2.05, 4.69) is 4.98 Å². The molecule has 2 aromatic rings. The SMILES string of the molecule is O=C(Cc1cnc(OCC(F)(F)F)c(C2CCCC2)c1)c1ccccc1. The van der Waals surface area contributed by atoms with Crippen molar-refractivity contribution < 1.29 is 22.7 Å². The fraction of sp³-hybridized carbons (Fsp3) is 0.400. The molecule has 0 N–H and O–H groups in total. The molecular formula is C20H20F3NO2. The summed E-state index contributed by atoms with van der Waals surface area (Å²) in [5, 5.41) is 0. The number of nitrogens with zero attached hydrogens (tertiary/aromatic N) is 1. The van der Waals surface area contributed by atoms with Gasteiger partial charge in [-0.25, -0.2) is 4.98 Å². The van der Waals surface area contributed by atoms with E-state index in [-0.39, 0.29) is 24.0 Å². The van der Waals surface area contributed by atoms with Gasteiger partial charge in [0, 0.05) is 23.7 Å². The van der Waals surface area contributed by atoms with Gasteiger partial charge in [-0.15, -0.1) is 0 Å². The molecule has 1 heterocycles. The third kappa shape index (κ3) is 4.84. The molecule has 0 radical (unpaired) electrons. The highest BCUT2D eigenvalue weighted by molar-refractivity contribution is 5.97. The van der Waals surface area contributed by atoms with Gasteiger partial charge in [0.1, 0.15) is 0 Å². The zero-order chi connectivity index (χ0) is 18.6. The van der Waals surface area contributed by atoms with Crippen LogP contribution in [0.1, 0.15) is 53.1 Å². The molecule has 138 valence electrons. The number of hydrogen-bond donors (Lipinski definition) is 0. The highest BCUT2D eigenvalue weighted by atomic mass is 19.4. The maximum atomic E-state index is 12.5. The molecule has 26 heavy (non-hydrogen) atoms. The molecule has 0 unspecified atom stereocenters. The maximum Gasteiger partial charge on any atom is 0.422 e. The molecular weight excluding hydrogens is 343 g/mol. The molecule has 0 spiro atoms. The van der Waals surface area contributed by atoms with Crippen molar-refractivity contribution in [2.24, 2.45) is 0 Å². The van der Waals surface area contributed by atoms with Crippen molar-refractivity contribution in [3.63, 3.8) is 0 Å². The van der Waals surface area contributed by atoms with Crippen molar-refractivity contribution in [3.8, 4) is 5.88 Å². The monoisotopic (exact) mass is 363 g/mol. The van der Waals surface area contributed by atoms with Crippen molar-refractivity contribution in [2.45, 2.75) is 44.2 Å². The van der Waals surface area contributed by atoms with E-state index in [1.54, 1.807) is 30.3 Å². The van der Waals surface area contributed by atoms with Gasteiger partial charge in [0.05, 0.1) is 0 Å². The van der Waals surface area contributed by atoms with Gasteiger partial charge < -0.3 is 4.74 Å². The topological polar surface area (TPSA) is 39.2 Å². The van der Waals surface area contributed by atoms with Crippen LogP contribution in [0.5, 0.6) is 5.88 Å². The third-order valence-electron chi connectivity index (χ3n) is 4.56. The van der Waals surface area contributed by atoms with Crippen LogP contribution < -0.4 is 4.74 Å². The number of carbonyl (C=O) groups is 1. The van der Waals surface area contributed by atoms with Crippen LogP contribution in [0.2, 0.25) is 0 Å². The Morgan fingerprint density at radius 1 is 1.15 bits per heavy atom. The van der Waals surface area contributed by atoms with Gasteiger partial charge >= 0.3 is 6.18 Å². The van der Waals surface area contributed by atoms with Crippen LogP contribution in [-0.2, 0) is 6.42 Å². The number of aromatic nitrogens is 1. The van der Waals surface area contributed by atoms with E-state index in [1.165, 1.54) is 6.20 Å². The second-order valence-electron chi connectivity index (χ2n) is 6.59. The van der Waals surface area contributed by atoms with Crippen LogP contribution in [0.3, 0.4) is 0 Å². The lowest BCUT2D eigenvalue weighted by Gasteiger charge is -2.17. The highest BCUT2D eigenvalue weighted by Crippen LogP contribution is 2.38. The standard InChI is InChI=1S/C20H20F3NO2/c21-20(22,23)13-26-19-17(15-6-4-5-7-15)10-14(12-24-19)11-18(25)16-8-2-1-3-9-16/h1-3,8-10,12,15H,4-7,11,13H2. The lowest BCUT2D eigenvalue weighted by Crippen LogP contribution is -2.20. The van der Waals surface area contributed by atoms with Gasteiger partial charge in [-0.05, 0) is 30.4 Å². The maximum absolute atomic E-state index is 12.5. The van der Waals surface area contributed by atoms with Gasteiger partial charge in [0.15, 0.2) is 12.4 Å². The first-order valence-corrected chi connectivity index (χ1v) is 8.69. The summed E-state index contributed by atoms with van der Waals surface area (Å²) in [5.41, 5.74) is 1.98. The molecule has 1 aliphatic carbocycles. The second kappa shape index (κ2) is 7.89. The zero-order valence-corrected chi connectivity index (χ0v) is 14.3. The Kier molecular flexibility index (Phi) is 5.59. The minimum atomic E-state index is -4.41. The lowest BCUT2D eigenvalue weighted by molar-refractivity contribution is -0.154. The summed E-state index contributed by atoms with van der Waals surface area (Å²) in [6.45, 7) is -1.36. The Morgan fingerprint density at radius 2 is 1.85 bits per heavy atom. The molecule has 3 rings (SSSR count). The Hall–Kier alpha value is -2.37. The fourth-order valence-electron chi connectivity index (χ4n) is 3.32. The smallest absolute Gasteiger partial charge is 0.422 e. The van der Waals surface area contributed by atoms with Crippen LogP contribution in [-0.4, -0.2) is 23.6 Å². The third-order valence-corrected chi connectivity index (χ3v) is 4.56. The van der Waals surface area contributed by atoms with Crippen LogP contribution >= 0.6 is 0 Å². The molecule has 0 atom stereocenters. The average molecular weight is 363 g/mol. The number of pyridine rings is 1. The van der Waals surface area contributed by atoms with Gasteiger partial charge in [-0.2, -0.15) is 13.2 Å². The molecule has 0 amide bonds. The van der Waals surface area contributed by atoms with Crippen LogP contribution in [0, 0.1) is 0 Å². The second-order valence-corrected chi connectivity index (χ2v) is 6.59. The average Bonchev–Trinajstić information content (AvgIpc) is 3.15. The molecule has 1 aromatic carbocycles. The summed E-state index contributed by atoms with van der Waals surface area (Å²) >= 11 is 0. The van der Waals surface area contributed by atoms with Crippen molar-refractivity contribution in [1.29, 1.82) is 0 Å². The summed E-state index contributed by atoms with van der Waals surface area (Å²) in [5.74, 6) is 0.122. The Balaban J connectivity index is 1.81. The van der Waals surface area contributed by atoms with Crippen LogP contribution in [0.25, 0.3) is 0 Å². The van der Waals surface area contributed by atoms with E-state index >= 15 is 0 Å².